The highest BCUT2D eigenvalue weighted by Gasteiger charge is 2.35. The number of halogens is 1. The van der Waals surface area contributed by atoms with Crippen LogP contribution in [0.3, 0.4) is 0 Å². The third-order valence-electron chi connectivity index (χ3n) is 3.99. The molecule has 1 heterocycles. The molecule has 0 radical (unpaired) electrons. The van der Waals surface area contributed by atoms with E-state index in [1.165, 1.54) is 4.90 Å². The maximum atomic E-state index is 12.6. The Balaban J connectivity index is 1.77. The van der Waals surface area contributed by atoms with E-state index in [9.17, 15) is 9.59 Å². The molecule has 5 nitrogen and oxygen atoms in total. The van der Waals surface area contributed by atoms with Crippen molar-refractivity contribution in [3.63, 3.8) is 0 Å². The number of carbonyl (C=O) groups excluding carboxylic acids is 2. The molecule has 1 aliphatic rings. The molecular formula is C19H17ClN2O3S. The lowest BCUT2D eigenvalue weighted by molar-refractivity contribution is -0.122. The lowest BCUT2D eigenvalue weighted by Gasteiger charge is -2.16. The van der Waals surface area contributed by atoms with Crippen molar-refractivity contribution in [2.24, 2.45) is 0 Å². The highest BCUT2D eigenvalue weighted by atomic mass is 35.5. The molecule has 1 N–H and O–H groups in total. The summed E-state index contributed by atoms with van der Waals surface area (Å²) in [5.74, 6) is 0.310. The van der Waals surface area contributed by atoms with Crippen molar-refractivity contribution < 1.29 is 14.3 Å². The number of nitrogens with zero attached hydrogens (tertiary/aromatic N) is 1. The van der Waals surface area contributed by atoms with Crippen LogP contribution in [0.2, 0.25) is 5.02 Å². The number of para-hydroxylation sites is 1. The lowest BCUT2D eigenvalue weighted by Crippen LogP contribution is -2.33. The molecule has 0 bridgehead atoms. The van der Waals surface area contributed by atoms with Crippen molar-refractivity contribution in [2.45, 2.75) is 6.92 Å². The van der Waals surface area contributed by atoms with Crippen LogP contribution >= 0.6 is 23.4 Å². The van der Waals surface area contributed by atoms with Gasteiger partial charge >= 0.3 is 0 Å². The van der Waals surface area contributed by atoms with Gasteiger partial charge in [0.25, 0.3) is 11.1 Å². The van der Waals surface area contributed by atoms with E-state index in [-0.39, 0.29) is 17.8 Å². The molecule has 26 heavy (non-hydrogen) atoms. The first kappa shape index (κ1) is 18.4. The number of benzene rings is 2. The van der Waals surface area contributed by atoms with Gasteiger partial charge in [-0.3, -0.25) is 14.5 Å². The maximum absolute atomic E-state index is 12.6. The van der Waals surface area contributed by atoms with Crippen LogP contribution in [0.15, 0.2) is 47.4 Å². The molecule has 3 rings (SSSR count). The first-order chi connectivity index (χ1) is 12.5. The van der Waals surface area contributed by atoms with Gasteiger partial charge in [-0.1, -0.05) is 35.9 Å². The van der Waals surface area contributed by atoms with Gasteiger partial charge < -0.3 is 10.1 Å². The first-order valence-electron chi connectivity index (χ1n) is 7.88. The monoisotopic (exact) mass is 388 g/mol. The summed E-state index contributed by atoms with van der Waals surface area (Å²) in [5.41, 5.74) is 2.40. The third-order valence-corrected chi connectivity index (χ3v) is 5.31. The molecule has 2 aromatic carbocycles. The number of hydrogen-bond acceptors (Lipinski definition) is 5. The van der Waals surface area contributed by atoms with Crippen molar-refractivity contribution in [3.8, 4) is 5.75 Å². The number of anilines is 1. The number of ether oxygens (including phenoxy) is 1. The Kier molecular flexibility index (Phi) is 5.54. The number of carbonyl (C=O) groups is 2. The Hall–Kier alpha value is -2.44. The van der Waals surface area contributed by atoms with Gasteiger partial charge in [0.2, 0.25) is 0 Å². The second-order valence-electron chi connectivity index (χ2n) is 5.60. The van der Waals surface area contributed by atoms with Crippen molar-refractivity contribution in [3.05, 3.63) is 63.5 Å². The van der Waals surface area contributed by atoms with Crippen molar-refractivity contribution >= 4 is 46.3 Å². The zero-order valence-electron chi connectivity index (χ0n) is 14.3. The number of rotatable bonds is 5. The summed E-state index contributed by atoms with van der Waals surface area (Å²) < 4.78 is 5.29. The van der Waals surface area contributed by atoms with E-state index in [2.05, 4.69) is 5.32 Å². The minimum absolute atomic E-state index is 0.0785. The number of methoxy groups -OCH3 is 1. The van der Waals surface area contributed by atoms with E-state index < -0.39 is 0 Å². The molecular weight excluding hydrogens is 372 g/mol. The standard InChI is InChI=1S/C19H17ClN2O3S/c1-12-14(20)7-5-8-15(12)21-11-22-18(23)17(26-19(22)24)10-13-6-3-4-9-16(13)25-2/h3-10,21H,11H2,1-2H3/b17-10+. The average Bonchev–Trinajstić information content (AvgIpc) is 2.90. The Morgan fingerprint density at radius 2 is 1.96 bits per heavy atom. The Morgan fingerprint density at radius 3 is 2.73 bits per heavy atom. The quantitative estimate of drug-likeness (QED) is 0.748. The van der Waals surface area contributed by atoms with E-state index in [1.807, 2.05) is 37.3 Å². The fourth-order valence-corrected chi connectivity index (χ4v) is 3.53. The largest absolute Gasteiger partial charge is 0.496 e. The van der Waals surface area contributed by atoms with Crippen LogP contribution in [0.25, 0.3) is 6.08 Å². The van der Waals surface area contributed by atoms with Crippen LogP contribution in [0.5, 0.6) is 5.75 Å². The van der Waals surface area contributed by atoms with Gasteiger partial charge in [-0.15, -0.1) is 0 Å². The van der Waals surface area contributed by atoms with Gasteiger partial charge in [0.1, 0.15) is 5.75 Å². The van der Waals surface area contributed by atoms with E-state index in [1.54, 1.807) is 25.3 Å². The lowest BCUT2D eigenvalue weighted by atomic mass is 10.2. The molecule has 1 saturated heterocycles. The van der Waals surface area contributed by atoms with Gasteiger partial charge in [0.05, 0.1) is 18.7 Å². The fraction of sp³-hybridized carbons (Fsp3) is 0.158. The molecule has 1 fully saturated rings. The SMILES string of the molecule is COc1ccccc1/C=C1/SC(=O)N(CNc2cccc(Cl)c2C)C1=O. The van der Waals surface area contributed by atoms with Crippen LogP contribution in [0.4, 0.5) is 10.5 Å². The Bertz CT molecular complexity index is 898. The number of imide groups is 1. The zero-order valence-corrected chi connectivity index (χ0v) is 15.9. The predicted molar refractivity (Wildman–Crippen MR) is 105 cm³/mol. The summed E-state index contributed by atoms with van der Waals surface area (Å²) in [7, 11) is 1.57. The number of amides is 2. The van der Waals surface area contributed by atoms with Gasteiger partial charge in [-0.05, 0) is 48.5 Å². The van der Waals surface area contributed by atoms with Gasteiger partial charge in [-0.2, -0.15) is 0 Å². The first-order valence-corrected chi connectivity index (χ1v) is 9.08. The van der Waals surface area contributed by atoms with Crippen molar-refractivity contribution in [2.75, 3.05) is 19.1 Å². The zero-order chi connectivity index (χ0) is 18.7. The minimum atomic E-state index is -0.335. The molecule has 134 valence electrons. The summed E-state index contributed by atoms with van der Waals surface area (Å²) in [4.78, 5) is 26.4. The van der Waals surface area contributed by atoms with Crippen molar-refractivity contribution in [1.82, 2.24) is 4.90 Å². The summed E-state index contributed by atoms with van der Waals surface area (Å²) in [6, 6.07) is 12.8. The molecule has 0 atom stereocenters. The third kappa shape index (κ3) is 3.71. The van der Waals surface area contributed by atoms with Crippen LogP contribution in [-0.4, -0.2) is 29.8 Å². The highest BCUT2D eigenvalue weighted by molar-refractivity contribution is 8.18. The number of hydrogen-bond donors (Lipinski definition) is 1. The molecule has 0 spiro atoms. The number of nitrogens with one attached hydrogen (secondary N) is 1. The van der Waals surface area contributed by atoms with Gasteiger partial charge in [0, 0.05) is 16.3 Å². The normalized spacial score (nSPS) is 15.7. The van der Waals surface area contributed by atoms with E-state index in [4.69, 9.17) is 16.3 Å². The highest BCUT2D eigenvalue weighted by Crippen LogP contribution is 2.34. The smallest absolute Gasteiger partial charge is 0.295 e. The summed E-state index contributed by atoms with van der Waals surface area (Å²) >= 11 is 7.01. The van der Waals surface area contributed by atoms with Gasteiger partial charge in [-0.25, -0.2) is 0 Å². The number of thioether (sulfide) groups is 1. The molecule has 2 amide bonds. The molecule has 0 aromatic heterocycles. The van der Waals surface area contributed by atoms with E-state index in [0.29, 0.717) is 15.7 Å². The Morgan fingerprint density at radius 1 is 1.19 bits per heavy atom. The van der Waals surface area contributed by atoms with Crippen LogP contribution in [0.1, 0.15) is 11.1 Å². The topological polar surface area (TPSA) is 58.6 Å². The van der Waals surface area contributed by atoms with Crippen molar-refractivity contribution in [1.29, 1.82) is 0 Å². The molecule has 0 unspecified atom stereocenters. The minimum Gasteiger partial charge on any atom is -0.496 e. The van der Waals surface area contributed by atoms with E-state index in [0.717, 1.165) is 28.6 Å². The van der Waals surface area contributed by atoms with Crippen LogP contribution in [0, 0.1) is 6.92 Å². The molecule has 0 aliphatic carbocycles. The molecule has 2 aromatic rings. The second kappa shape index (κ2) is 7.85. The summed E-state index contributed by atoms with van der Waals surface area (Å²) in [6.45, 7) is 1.95. The average molecular weight is 389 g/mol. The summed E-state index contributed by atoms with van der Waals surface area (Å²) in [5, 5.41) is 3.41. The molecule has 0 saturated carbocycles. The van der Waals surface area contributed by atoms with Crippen LogP contribution < -0.4 is 10.1 Å². The second-order valence-corrected chi connectivity index (χ2v) is 7.00. The van der Waals surface area contributed by atoms with Crippen LogP contribution in [-0.2, 0) is 4.79 Å². The van der Waals surface area contributed by atoms with E-state index >= 15 is 0 Å². The molecule has 7 heteroatoms. The fourth-order valence-electron chi connectivity index (χ4n) is 2.53. The summed E-state index contributed by atoms with van der Waals surface area (Å²) in [6.07, 6.45) is 1.67. The Labute approximate surface area is 161 Å². The van der Waals surface area contributed by atoms with Gasteiger partial charge in [0.15, 0.2) is 0 Å². The molecule has 1 aliphatic heterocycles. The predicted octanol–water partition coefficient (Wildman–Crippen LogP) is 4.76. The maximum Gasteiger partial charge on any atom is 0.295 e.